The molecule has 2 fully saturated rings. The zero-order valence-electron chi connectivity index (χ0n) is 15.6. The zero-order valence-corrected chi connectivity index (χ0v) is 16.4. The Morgan fingerprint density at radius 3 is 2.81 bits per heavy atom. The van der Waals surface area contributed by atoms with E-state index in [2.05, 4.69) is 21.9 Å². The Labute approximate surface area is 165 Å². The Morgan fingerprint density at radius 1 is 1.19 bits per heavy atom. The van der Waals surface area contributed by atoms with Gasteiger partial charge in [-0.05, 0) is 25.7 Å². The smallest absolute Gasteiger partial charge is 0.315 e. The first kappa shape index (κ1) is 21.4. The Bertz CT molecular complexity index is 564. The van der Waals surface area contributed by atoms with E-state index in [4.69, 9.17) is 11.2 Å². The molecule has 2 heterocycles. The van der Waals surface area contributed by atoms with Crippen molar-refractivity contribution in [2.24, 2.45) is 0 Å². The molecule has 2 aliphatic rings. The highest BCUT2D eigenvalue weighted by Crippen LogP contribution is 2.33. The van der Waals surface area contributed by atoms with Crippen molar-refractivity contribution in [2.75, 3.05) is 18.9 Å². The van der Waals surface area contributed by atoms with Crippen LogP contribution in [0.1, 0.15) is 51.4 Å². The summed E-state index contributed by atoms with van der Waals surface area (Å²) < 4.78 is 4.79. The Kier molecular flexibility index (Phi) is 9.32. The molecule has 3 atom stereocenters. The fourth-order valence-electron chi connectivity index (χ4n) is 3.36. The van der Waals surface area contributed by atoms with Crippen molar-refractivity contribution in [3.8, 4) is 12.3 Å². The van der Waals surface area contributed by atoms with E-state index in [0.717, 1.165) is 44.3 Å². The molecular weight excluding hydrogens is 366 g/mol. The highest BCUT2D eigenvalue weighted by atomic mass is 32.2. The summed E-state index contributed by atoms with van der Waals surface area (Å²) in [5.41, 5.74) is 0. The van der Waals surface area contributed by atoms with Crippen LogP contribution in [0, 0.1) is 12.3 Å². The quantitative estimate of drug-likeness (QED) is 0.202. The number of carbonyl (C=O) groups is 3. The van der Waals surface area contributed by atoms with Crippen molar-refractivity contribution in [3.05, 3.63) is 0 Å². The fourth-order valence-corrected chi connectivity index (χ4v) is 4.90. The van der Waals surface area contributed by atoms with E-state index >= 15 is 0 Å². The van der Waals surface area contributed by atoms with Gasteiger partial charge in [0.05, 0.1) is 12.1 Å². The molecule has 0 aromatic heterocycles. The first-order chi connectivity index (χ1) is 13.1. The van der Waals surface area contributed by atoms with E-state index in [9.17, 15) is 14.4 Å². The van der Waals surface area contributed by atoms with Crippen molar-refractivity contribution < 1.29 is 19.1 Å². The lowest BCUT2D eigenvalue weighted by Crippen LogP contribution is -2.36. The van der Waals surface area contributed by atoms with Crippen LogP contribution in [-0.4, -0.2) is 54.1 Å². The van der Waals surface area contributed by atoms with E-state index in [-0.39, 0.29) is 36.6 Å². The minimum absolute atomic E-state index is 0.0289. The Hall–Kier alpha value is -1.88. The number of fused-ring (bicyclic) bond motifs is 1. The molecule has 2 rings (SSSR count). The summed E-state index contributed by atoms with van der Waals surface area (Å²) in [4.78, 5) is 34.4. The molecule has 0 saturated carbocycles. The van der Waals surface area contributed by atoms with E-state index in [1.165, 1.54) is 0 Å². The van der Waals surface area contributed by atoms with Gasteiger partial charge in [0.2, 0.25) is 5.91 Å². The number of rotatable bonds is 12. The van der Waals surface area contributed by atoms with Crippen LogP contribution in [-0.2, 0) is 14.3 Å². The third-order valence-electron chi connectivity index (χ3n) is 4.78. The van der Waals surface area contributed by atoms with Crippen LogP contribution in [0.15, 0.2) is 0 Å². The second-order valence-corrected chi connectivity index (χ2v) is 8.17. The number of amides is 3. The maximum atomic E-state index is 11.8. The molecule has 0 aromatic rings. The van der Waals surface area contributed by atoms with Crippen LogP contribution in [0.5, 0.6) is 0 Å². The topological polar surface area (TPSA) is 96.5 Å². The van der Waals surface area contributed by atoms with E-state index in [0.29, 0.717) is 24.6 Å². The minimum Gasteiger partial charge on any atom is -0.452 e. The average Bonchev–Trinajstić information content (AvgIpc) is 3.19. The summed E-state index contributed by atoms with van der Waals surface area (Å²) in [7, 11) is 0. The molecule has 0 unspecified atom stereocenters. The van der Waals surface area contributed by atoms with Crippen molar-refractivity contribution >= 4 is 29.7 Å². The molecule has 3 amide bonds. The summed E-state index contributed by atoms with van der Waals surface area (Å²) in [5, 5.41) is 9.30. The lowest BCUT2D eigenvalue weighted by molar-refractivity contribution is -0.142. The van der Waals surface area contributed by atoms with Crippen molar-refractivity contribution in [2.45, 2.75) is 68.7 Å². The van der Waals surface area contributed by atoms with Gasteiger partial charge in [-0.2, -0.15) is 11.8 Å². The maximum Gasteiger partial charge on any atom is 0.315 e. The van der Waals surface area contributed by atoms with E-state index < -0.39 is 0 Å². The van der Waals surface area contributed by atoms with Gasteiger partial charge in [-0.25, -0.2) is 4.79 Å². The minimum atomic E-state index is -0.267. The van der Waals surface area contributed by atoms with Gasteiger partial charge in [-0.3, -0.25) is 9.59 Å². The van der Waals surface area contributed by atoms with Gasteiger partial charge in [0, 0.05) is 30.4 Å². The second kappa shape index (κ2) is 11.8. The zero-order chi connectivity index (χ0) is 19.5. The summed E-state index contributed by atoms with van der Waals surface area (Å²) >= 11 is 1.90. The lowest BCUT2D eigenvalue weighted by Gasteiger charge is -2.16. The summed E-state index contributed by atoms with van der Waals surface area (Å²) in [6.45, 7) is 0.666. The number of unbranched alkanes of at least 4 members (excludes halogenated alkanes) is 3. The number of nitrogens with one attached hydrogen (secondary N) is 3. The van der Waals surface area contributed by atoms with Gasteiger partial charge in [-0.15, -0.1) is 6.42 Å². The molecule has 0 bridgehead atoms. The Balaban J connectivity index is 1.41. The maximum absolute atomic E-state index is 11.8. The molecule has 0 aromatic carbocycles. The fraction of sp³-hybridized carbons (Fsp3) is 0.737. The number of urea groups is 1. The van der Waals surface area contributed by atoms with Crippen LogP contribution in [0.25, 0.3) is 0 Å². The summed E-state index contributed by atoms with van der Waals surface area (Å²) in [5.74, 6) is 3.04. The predicted octanol–water partition coefficient (Wildman–Crippen LogP) is 1.57. The molecule has 2 saturated heterocycles. The number of carbonyl (C=O) groups excluding carboxylic acids is 3. The van der Waals surface area contributed by atoms with Crippen molar-refractivity contribution in [1.29, 1.82) is 0 Å². The molecule has 7 nitrogen and oxygen atoms in total. The van der Waals surface area contributed by atoms with Crippen LogP contribution in [0.4, 0.5) is 4.79 Å². The molecule has 8 heteroatoms. The number of hydrogen-bond acceptors (Lipinski definition) is 5. The second-order valence-electron chi connectivity index (χ2n) is 6.89. The molecule has 0 spiro atoms. The van der Waals surface area contributed by atoms with Gasteiger partial charge in [0.15, 0.2) is 6.61 Å². The standard InChI is InChI=1S/C19H29N3O4S/c1-2-12-26-17(24)10-4-3-7-11-20-16(23)9-6-5-8-15-18-14(13-27-15)21-19(25)22-18/h1,14-15,18H,3-13H2,(H,20,23)(H2,21,22,25)/t14-,15-,18-/m0/s1. The molecule has 27 heavy (non-hydrogen) atoms. The number of hydrogen-bond donors (Lipinski definition) is 3. The van der Waals surface area contributed by atoms with E-state index in [1.54, 1.807) is 0 Å². The third-order valence-corrected chi connectivity index (χ3v) is 6.29. The van der Waals surface area contributed by atoms with Crippen LogP contribution >= 0.6 is 11.8 Å². The summed E-state index contributed by atoms with van der Waals surface area (Å²) in [6.07, 6.45) is 11.3. The first-order valence-electron chi connectivity index (χ1n) is 9.64. The monoisotopic (exact) mass is 395 g/mol. The highest BCUT2D eigenvalue weighted by molar-refractivity contribution is 8.00. The van der Waals surface area contributed by atoms with Gasteiger partial charge in [0.1, 0.15) is 0 Å². The normalized spacial score (nSPS) is 23.1. The lowest BCUT2D eigenvalue weighted by atomic mass is 10.0. The Morgan fingerprint density at radius 2 is 2.00 bits per heavy atom. The molecule has 150 valence electrons. The molecular formula is C19H29N3O4S. The van der Waals surface area contributed by atoms with Gasteiger partial charge in [0.25, 0.3) is 0 Å². The third kappa shape index (κ3) is 7.71. The van der Waals surface area contributed by atoms with Crippen LogP contribution in [0.2, 0.25) is 0 Å². The molecule has 0 radical (unpaired) electrons. The van der Waals surface area contributed by atoms with Crippen molar-refractivity contribution in [1.82, 2.24) is 16.0 Å². The molecule has 3 N–H and O–H groups in total. The number of terminal acetylenes is 1. The van der Waals surface area contributed by atoms with Crippen molar-refractivity contribution in [3.63, 3.8) is 0 Å². The van der Waals surface area contributed by atoms with Gasteiger partial charge >= 0.3 is 12.0 Å². The highest BCUT2D eigenvalue weighted by Gasteiger charge is 2.42. The van der Waals surface area contributed by atoms with Gasteiger partial charge < -0.3 is 20.7 Å². The largest absolute Gasteiger partial charge is 0.452 e. The number of esters is 1. The molecule has 0 aliphatic carbocycles. The number of thioether (sulfide) groups is 1. The average molecular weight is 396 g/mol. The number of ether oxygens (including phenoxy) is 1. The SMILES string of the molecule is C#CCOC(=O)CCCCCNC(=O)CCCC[C@@H]1SC[C@@H]2NC(=O)N[C@@H]21. The van der Waals surface area contributed by atoms with Gasteiger partial charge in [-0.1, -0.05) is 18.8 Å². The molecule has 2 aliphatic heterocycles. The summed E-state index contributed by atoms with van der Waals surface area (Å²) in [6, 6.07) is 0.439. The first-order valence-corrected chi connectivity index (χ1v) is 10.7. The van der Waals surface area contributed by atoms with Crippen LogP contribution < -0.4 is 16.0 Å². The van der Waals surface area contributed by atoms with E-state index in [1.807, 2.05) is 11.8 Å². The van der Waals surface area contributed by atoms with Crippen LogP contribution in [0.3, 0.4) is 0 Å². The predicted molar refractivity (Wildman–Crippen MR) is 105 cm³/mol.